The lowest BCUT2D eigenvalue weighted by atomic mass is 10.3. The summed E-state index contributed by atoms with van der Waals surface area (Å²) in [7, 11) is -2.22. The lowest BCUT2D eigenvalue weighted by Crippen LogP contribution is -2.23. The Kier molecular flexibility index (Phi) is 4.87. The fraction of sp³-hybridized carbons (Fsp3) is 0.286. The number of hydrogen-bond donors (Lipinski definition) is 2. The van der Waals surface area contributed by atoms with E-state index in [0.717, 1.165) is 11.3 Å². The molecule has 0 bridgehead atoms. The molecule has 1 aromatic heterocycles. The van der Waals surface area contributed by atoms with E-state index in [9.17, 15) is 8.42 Å². The number of aryl methyl sites for hydroxylation is 1. The number of sulfonamides is 1. The van der Waals surface area contributed by atoms with Gasteiger partial charge < -0.3 is 10.5 Å². The number of thiophene rings is 1. The Bertz CT molecular complexity index is 724. The quantitative estimate of drug-likeness (QED) is 0.799. The molecule has 2 aromatic rings. The van der Waals surface area contributed by atoms with Crippen LogP contribution < -0.4 is 15.2 Å². The SMILES string of the molecule is CCc1ccc(CNS(=O)(=O)c2ccc(N)cc2OC)s1. The summed E-state index contributed by atoms with van der Waals surface area (Å²) in [5.41, 5.74) is 6.09. The van der Waals surface area contributed by atoms with E-state index in [1.807, 2.05) is 12.1 Å². The van der Waals surface area contributed by atoms with E-state index in [4.69, 9.17) is 10.5 Å². The number of nitrogens with two attached hydrogens (primary N) is 1. The maximum absolute atomic E-state index is 12.3. The van der Waals surface area contributed by atoms with Crippen LogP contribution in [-0.4, -0.2) is 15.5 Å². The number of rotatable bonds is 6. The molecule has 5 nitrogen and oxygen atoms in total. The molecule has 114 valence electrons. The van der Waals surface area contributed by atoms with Gasteiger partial charge in [-0.25, -0.2) is 13.1 Å². The fourth-order valence-corrected chi connectivity index (χ4v) is 4.00. The van der Waals surface area contributed by atoms with E-state index in [0.29, 0.717) is 5.69 Å². The Morgan fingerprint density at radius 2 is 1.95 bits per heavy atom. The van der Waals surface area contributed by atoms with Gasteiger partial charge in [0.1, 0.15) is 10.6 Å². The summed E-state index contributed by atoms with van der Waals surface area (Å²) < 4.78 is 32.4. The highest BCUT2D eigenvalue weighted by molar-refractivity contribution is 7.89. The first-order valence-electron chi connectivity index (χ1n) is 6.47. The maximum atomic E-state index is 12.3. The predicted molar refractivity (Wildman–Crippen MR) is 85.1 cm³/mol. The molecule has 7 heteroatoms. The predicted octanol–water partition coefficient (Wildman–Crippen LogP) is 2.38. The fourth-order valence-electron chi connectivity index (χ4n) is 1.86. The number of hydrogen-bond acceptors (Lipinski definition) is 5. The summed E-state index contributed by atoms with van der Waals surface area (Å²) >= 11 is 1.60. The number of ether oxygens (including phenoxy) is 1. The van der Waals surface area contributed by atoms with Crippen LogP contribution >= 0.6 is 11.3 Å². The zero-order valence-corrected chi connectivity index (χ0v) is 13.6. The van der Waals surface area contributed by atoms with Crippen LogP contribution in [0.15, 0.2) is 35.2 Å². The molecule has 0 fully saturated rings. The van der Waals surface area contributed by atoms with Gasteiger partial charge in [-0.15, -0.1) is 11.3 Å². The third-order valence-electron chi connectivity index (χ3n) is 2.98. The van der Waals surface area contributed by atoms with Crippen molar-refractivity contribution >= 4 is 27.0 Å². The van der Waals surface area contributed by atoms with Crippen molar-refractivity contribution in [3.8, 4) is 5.75 Å². The van der Waals surface area contributed by atoms with E-state index in [2.05, 4.69) is 11.6 Å². The van der Waals surface area contributed by atoms with Crippen molar-refractivity contribution in [3.05, 3.63) is 40.1 Å². The van der Waals surface area contributed by atoms with Crippen LogP contribution in [0.2, 0.25) is 0 Å². The molecule has 0 aliphatic rings. The number of nitrogen functional groups attached to an aromatic ring is 1. The molecule has 1 heterocycles. The normalized spacial score (nSPS) is 11.5. The van der Waals surface area contributed by atoms with E-state index in [1.54, 1.807) is 11.3 Å². The molecule has 0 atom stereocenters. The van der Waals surface area contributed by atoms with Crippen LogP contribution in [0, 0.1) is 0 Å². The molecule has 0 saturated carbocycles. The molecule has 0 radical (unpaired) electrons. The van der Waals surface area contributed by atoms with E-state index >= 15 is 0 Å². The topological polar surface area (TPSA) is 81.4 Å². The molecule has 21 heavy (non-hydrogen) atoms. The van der Waals surface area contributed by atoms with Gasteiger partial charge in [0.2, 0.25) is 10.0 Å². The molecule has 1 aromatic carbocycles. The zero-order valence-electron chi connectivity index (χ0n) is 11.9. The van der Waals surface area contributed by atoms with E-state index in [1.165, 1.54) is 30.2 Å². The van der Waals surface area contributed by atoms with Gasteiger partial charge in [0.05, 0.1) is 7.11 Å². The minimum Gasteiger partial charge on any atom is -0.495 e. The number of nitrogens with one attached hydrogen (secondary N) is 1. The number of methoxy groups -OCH3 is 1. The van der Waals surface area contributed by atoms with Gasteiger partial charge in [-0.1, -0.05) is 6.92 Å². The molecule has 0 aliphatic heterocycles. The van der Waals surface area contributed by atoms with Crippen molar-refractivity contribution in [1.82, 2.24) is 4.72 Å². The first kappa shape index (κ1) is 15.8. The molecule has 2 rings (SSSR count). The minimum absolute atomic E-state index is 0.0893. The maximum Gasteiger partial charge on any atom is 0.244 e. The lowest BCUT2D eigenvalue weighted by molar-refractivity contribution is 0.402. The molecular formula is C14H18N2O3S2. The smallest absolute Gasteiger partial charge is 0.244 e. The Balaban J connectivity index is 2.18. The summed E-state index contributed by atoms with van der Waals surface area (Å²) in [6.45, 7) is 2.33. The van der Waals surface area contributed by atoms with Gasteiger partial charge in [-0.2, -0.15) is 0 Å². The second-order valence-corrected chi connectivity index (χ2v) is 7.44. The van der Waals surface area contributed by atoms with Gasteiger partial charge in [-0.3, -0.25) is 0 Å². The molecular weight excluding hydrogens is 308 g/mol. The van der Waals surface area contributed by atoms with Gasteiger partial charge >= 0.3 is 0 Å². The second-order valence-electron chi connectivity index (χ2n) is 4.46. The van der Waals surface area contributed by atoms with Crippen LogP contribution in [0.5, 0.6) is 5.75 Å². The summed E-state index contributed by atoms with van der Waals surface area (Å²) in [5.74, 6) is 0.239. The number of benzene rings is 1. The van der Waals surface area contributed by atoms with Gasteiger partial charge in [0, 0.05) is 28.1 Å². The van der Waals surface area contributed by atoms with Crippen molar-refractivity contribution in [2.24, 2.45) is 0 Å². The average molecular weight is 326 g/mol. The minimum atomic E-state index is -3.64. The lowest BCUT2D eigenvalue weighted by Gasteiger charge is -2.10. The molecule has 0 spiro atoms. The molecule has 3 N–H and O–H groups in total. The molecule has 0 aliphatic carbocycles. The van der Waals surface area contributed by atoms with Crippen molar-refractivity contribution in [2.45, 2.75) is 24.8 Å². The highest BCUT2D eigenvalue weighted by Crippen LogP contribution is 2.26. The third-order valence-corrected chi connectivity index (χ3v) is 5.65. The summed E-state index contributed by atoms with van der Waals surface area (Å²) in [6.07, 6.45) is 0.948. The Morgan fingerprint density at radius 1 is 1.24 bits per heavy atom. The van der Waals surface area contributed by atoms with Crippen molar-refractivity contribution in [1.29, 1.82) is 0 Å². The van der Waals surface area contributed by atoms with Crippen LogP contribution in [-0.2, 0) is 23.0 Å². The summed E-state index contributed by atoms with van der Waals surface area (Å²) in [4.78, 5) is 2.30. The first-order chi connectivity index (χ1) is 9.96. The van der Waals surface area contributed by atoms with Crippen LogP contribution in [0.25, 0.3) is 0 Å². The average Bonchev–Trinajstić information content (AvgIpc) is 2.93. The third kappa shape index (κ3) is 3.75. The summed E-state index contributed by atoms with van der Waals surface area (Å²) in [6, 6.07) is 8.43. The highest BCUT2D eigenvalue weighted by Gasteiger charge is 2.19. The highest BCUT2D eigenvalue weighted by atomic mass is 32.2. The summed E-state index contributed by atoms with van der Waals surface area (Å²) in [5, 5.41) is 0. The van der Waals surface area contributed by atoms with Crippen LogP contribution in [0.3, 0.4) is 0 Å². The molecule has 0 amide bonds. The zero-order chi connectivity index (χ0) is 15.5. The Morgan fingerprint density at radius 3 is 2.57 bits per heavy atom. The van der Waals surface area contributed by atoms with E-state index < -0.39 is 10.0 Å². The standard InChI is InChI=1S/C14H18N2O3S2/c1-3-11-5-6-12(20-11)9-16-21(17,18)14-7-4-10(15)8-13(14)19-2/h4-8,16H,3,9,15H2,1-2H3. The van der Waals surface area contributed by atoms with Crippen LogP contribution in [0.1, 0.15) is 16.7 Å². The largest absolute Gasteiger partial charge is 0.495 e. The second kappa shape index (κ2) is 6.46. The first-order valence-corrected chi connectivity index (χ1v) is 8.77. The van der Waals surface area contributed by atoms with Crippen molar-refractivity contribution < 1.29 is 13.2 Å². The van der Waals surface area contributed by atoms with Gasteiger partial charge in [0.25, 0.3) is 0 Å². The Hall–Kier alpha value is -1.57. The van der Waals surface area contributed by atoms with Gasteiger partial charge in [-0.05, 0) is 30.7 Å². The monoisotopic (exact) mass is 326 g/mol. The van der Waals surface area contributed by atoms with Crippen LogP contribution in [0.4, 0.5) is 5.69 Å². The Labute approximate surface area is 128 Å². The van der Waals surface area contributed by atoms with Gasteiger partial charge in [0.15, 0.2) is 0 Å². The number of anilines is 1. The molecule has 0 saturated heterocycles. The molecule has 0 unspecified atom stereocenters. The van der Waals surface area contributed by atoms with Crippen molar-refractivity contribution in [2.75, 3.05) is 12.8 Å². The van der Waals surface area contributed by atoms with Crippen molar-refractivity contribution in [3.63, 3.8) is 0 Å². The van der Waals surface area contributed by atoms with E-state index in [-0.39, 0.29) is 17.2 Å².